The fraction of sp³-hybridized carbons (Fsp3) is 0.394. The van der Waals surface area contributed by atoms with Crippen molar-refractivity contribution in [3.63, 3.8) is 0 Å². The lowest BCUT2D eigenvalue weighted by atomic mass is 9.99. The van der Waals surface area contributed by atoms with Crippen LogP contribution in [0.4, 0.5) is 8.78 Å². The minimum absolute atomic E-state index is 0.0238. The van der Waals surface area contributed by atoms with Gasteiger partial charge < -0.3 is 30.2 Å². The quantitative estimate of drug-likeness (QED) is 0.216. The molecule has 1 aromatic heterocycles. The summed E-state index contributed by atoms with van der Waals surface area (Å²) in [6.07, 6.45) is 8.03. The van der Waals surface area contributed by atoms with Crippen LogP contribution in [0.15, 0.2) is 72.6 Å². The Hall–Kier alpha value is -4.18. The number of pyridine rings is 1. The monoisotopic (exact) mass is 594 g/mol. The van der Waals surface area contributed by atoms with Gasteiger partial charge in [0.2, 0.25) is 5.91 Å². The summed E-state index contributed by atoms with van der Waals surface area (Å²) in [5.74, 6) is 1.85. The van der Waals surface area contributed by atoms with E-state index in [1.165, 1.54) is 25.1 Å². The zero-order valence-corrected chi connectivity index (χ0v) is 24.7. The van der Waals surface area contributed by atoms with Crippen molar-refractivity contribution in [3.8, 4) is 17.2 Å². The molecule has 0 radical (unpaired) electrons. The van der Waals surface area contributed by atoms with Gasteiger partial charge in [-0.3, -0.25) is 9.78 Å². The van der Waals surface area contributed by atoms with Gasteiger partial charge in [0.05, 0.1) is 25.8 Å². The van der Waals surface area contributed by atoms with E-state index >= 15 is 0 Å². The molecule has 0 spiro atoms. The van der Waals surface area contributed by atoms with Crippen LogP contribution in [0.2, 0.25) is 0 Å². The fourth-order valence-electron chi connectivity index (χ4n) is 4.76. The number of methoxy groups -OCH3 is 1. The van der Waals surface area contributed by atoms with Gasteiger partial charge in [0, 0.05) is 29.9 Å². The highest BCUT2D eigenvalue weighted by Crippen LogP contribution is 2.36. The number of ether oxygens (including phenoxy) is 3. The first-order valence-electron chi connectivity index (χ1n) is 14.6. The third-order valence-electron chi connectivity index (χ3n) is 7.06. The van der Waals surface area contributed by atoms with Crippen molar-refractivity contribution in [1.29, 1.82) is 0 Å². The van der Waals surface area contributed by atoms with Crippen LogP contribution in [0.5, 0.6) is 17.2 Å². The summed E-state index contributed by atoms with van der Waals surface area (Å²) in [4.78, 5) is 16.8. The third-order valence-corrected chi connectivity index (χ3v) is 7.06. The van der Waals surface area contributed by atoms with E-state index in [-0.39, 0.29) is 24.9 Å². The van der Waals surface area contributed by atoms with Crippen molar-refractivity contribution in [3.05, 3.63) is 84.0 Å². The third kappa shape index (κ3) is 10.2. The molecule has 2 aromatic carbocycles. The molecule has 10 heteroatoms. The van der Waals surface area contributed by atoms with Gasteiger partial charge in [-0.25, -0.2) is 8.78 Å². The molecular formula is C33H40F2N4O4. The molecule has 3 N–H and O–H groups in total. The maximum Gasteiger partial charge on any atom is 0.239 e. The van der Waals surface area contributed by atoms with Crippen LogP contribution >= 0.6 is 0 Å². The normalized spacial score (nSPS) is 14.9. The van der Waals surface area contributed by atoms with E-state index in [4.69, 9.17) is 14.2 Å². The van der Waals surface area contributed by atoms with Crippen LogP contribution in [0.3, 0.4) is 0 Å². The lowest BCUT2D eigenvalue weighted by molar-refractivity contribution is -0.120. The van der Waals surface area contributed by atoms with Gasteiger partial charge in [-0.1, -0.05) is 12.1 Å². The van der Waals surface area contributed by atoms with Gasteiger partial charge in [-0.05, 0) is 93.3 Å². The highest BCUT2D eigenvalue weighted by Gasteiger charge is 2.16. The van der Waals surface area contributed by atoms with E-state index < -0.39 is 6.17 Å². The van der Waals surface area contributed by atoms with Gasteiger partial charge in [0.15, 0.2) is 11.5 Å². The molecule has 1 atom stereocenters. The number of aromatic nitrogens is 1. The molecule has 0 bridgehead atoms. The number of hydrogen-bond donors (Lipinski definition) is 3. The fourth-order valence-corrected chi connectivity index (χ4v) is 4.76. The average Bonchev–Trinajstić information content (AvgIpc) is 3.01. The predicted octanol–water partition coefficient (Wildman–Crippen LogP) is 4.89. The lowest BCUT2D eigenvalue weighted by Gasteiger charge is -2.23. The minimum atomic E-state index is -1.21. The predicted molar refractivity (Wildman–Crippen MR) is 164 cm³/mol. The number of benzene rings is 2. The summed E-state index contributed by atoms with van der Waals surface area (Å²) in [5.41, 5.74) is 2.11. The van der Waals surface area contributed by atoms with Gasteiger partial charge in [0.1, 0.15) is 24.3 Å². The lowest BCUT2D eigenvalue weighted by Crippen LogP contribution is -2.34. The minimum Gasteiger partial charge on any atom is -0.493 e. The number of hydrogen-bond acceptors (Lipinski definition) is 7. The number of carbonyl (C=O) groups excluding carboxylic acids is 1. The number of halogens is 2. The van der Waals surface area contributed by atoms with Crippen LogP contribution in [0.25, 0.3) is 10.9 Å². The Balaban J connectivity index is 1.30. The number of alkyl halides is 1. The SMILES string of the molecule is COc1cc2c(OC/C=C\C(=C/C(C)F)NCC(=O)NCCc3ccc(F)cc3)ccnc2cc1OCC1CCNCC1. The second kappa shape index (κ2) is 16.5. The van der Waals surface area contributed by atoms with E-state index in [9.17, 15) is 13.6 Å². The first-order valence-corrected chi connectivity index (χ1v) is 14.6. The number of fused-ring (bicyclic) bond motifs is 1. The summed E-state index contributed by atoms with van der Waals surface area (Å²) in [5, 5.41) is 9.92. The van der Waals surface area contributed by atoms with Crippen LogP contribution < -0.4 is 30.2 Å². The van der Waals surface area contributed by atoms with Crippen molar-refractivity contribution in [2.24, 2.45) is 5.92 Å². The van der Waals surface area contributed by atoms with Gasteiger partial charge in [-0.15, -0.1) is 0 Å². The standard InChI is InChI=1S/C33H40F2N4O4/c1-23(34)18-27(39-21-33(40)38-15-11-24-5-7-26(35)8-6-24)4-3-17-42-30-12-16-37-29-20-32(31(41-2)19-28(29)30)43-22-25-9-13-36-14-10-25/h3-8,12,16,18-20,23,25,36,39H,9-11,13-15,17,21-22H2,1-2H3,(H,38,40)/b4-3-,27-18+. The van der Waals surface area contributed by atoms with E-state index in [0.717, 1.165) is 42.4 Å². The Morgan fingerprint density at radius 1 is 1.09 bits per heavy atom. The Morgan fingerprint density at radius 3 is 2.63 bits per heavy atom. The number of carbonyl (C=O) groups is 1. The van der Waals surface area contributed by atoms with Crippen molar-refractivity contribution in [2.75, 3.05) is 46.5 Å². The smallest absolute Gasteiger partial charge is 0.239 e. The molecule has 43 heavy (non-hydrogen) atoms. The number of rotatable bonds is 15. The zero-order chi connectivity index (χ0) is 30.4. The van der Waals surface area contributed by atoms with Crippen molar-refractivity contribution in [2.45, 2.75) is 32.4 Å². The molecule has 230 valence electrons. The van der Waals surface area contributed by atoms with Crippen molar-refractivity contribution in [1.82, 2.24) is 20.9 Å². The van der Waals surface area contributed by atoms with Gasteiger partial charge in [-0.2, -0.15) is 0 Å². The number of allylic oxidation sites excluding steroid dienone is 2. The summed E-state index contributed by atoms with van der Waals surface area (Å²) < 4.78 is 44.6. The van der Waals surface area contributed by atoms with Crippen LogP contribution in [0, 0.1) is 11.7 Å². The molecule has 2 heterocycles. The zero-order valence-electron chi connectivity index (χ0n) is 24.7. The van der Waals surface area contributed by atoms with Gasteiger partial charge in [0.25, 0.3) is 0 Å². The summed E-state index contributed by atoms with van der Waals surface area (Å²) in [6.45, 7) is 4.65. The maximum absolute atomic E-state index is 13.8. The molecule has 1 amide bonds. The summed E-state index contributed by atoms with van der Waals surface area (Å²) >= 11 is 0. The highest BCUT2D eigenvalue weighted by atomic mass is 19.1. The Bertz CT molecular complexity index is 1390. The molecule has 0 saturated carbocycles. The Morgan fingerprint density at radius 2 is 1.88 bits per heavy atom. The highest BCUT2D eigenvalue weighted by molar-refractivity contribution is 5.88. The molecule has 0 aliphatic carbocycles. The Kier molecular flexibility index (Phi) is 12.1. The summed E-state index contributed by atoms with van der Waals surface area (Å²) in [7, 11) is 1.61. The molecule has 1 fully saturated rings. The van der Waals surface area contributed by atoms with Gasteiger partial charge >= 0.3 is 0 Å². The van der Waals surface area contributed by atoms with Crippen LogP contribution in [0.1, 0.15) is 25.3 Å². The Labute approximate surface area is 251 Å². The van der Waals surface area contributed by atoms with E-state index in [1.54, 1.807) is 43.7 Å². The van der Waals surface area contributed by atoms with Crippen molar-refractivity contribution >= 4 is 16.8 Å². The topological polar surface area (TPSA) is 93.7 Å². The molecular weight excluding hydrogens is 554 g/mol. The van der Waals surface area contributed by atoms with Crippen molar-refractivity contribution < 1.29 is 27.8 Å². The van der Waals surface area contributed by atoms with E-state index in [2.05, 4.69) is 20.9 Å². The first kappa shape index (κ1) is 31.7. The summed E-state index contributed by atoms with van der Waals surface area (Å²) in [6, 6.07) is 11.7. The number of nitrogens with one attached hydrogen (secondary N) is 3. The molecule has 8 nitrogen and oxygen atoms in total. The molecule has 1 saturated heterocycles. The average molecular weight is 595 g/mol. The van der Waals surface area contributed by atoms with E-state index in [1.807, 2.05) is 12.1 Å². The molecule has 1 aliphatic rings. The largest absolute Gasteiger partial charge is 0.493 e. The number of piperidine rings is 1. The van der Waals surface area contributed by atoms with Crippen LogP contribution in [-0.2, 0) is 11.2 Å². The number of amides is 1. The maximum atomic E-state index is 13.8. The second-order valence-corrected chi connectivity index (χ2v) is 10.4. The number of nitrogens with zero attached hydrogens (tertiary/aromatic N) is 1. The van der Waals surface area contributed by atoms with Crippen LogP contribution in [-0.4, -0.2) is 63.6 Å². The first-order chi connectivity index (χ1) is 20.9. The second-order valence-electron chi connectivity index (χ2n) is 10.4. The molecule has 4 rings (SSSR count). The molecule has 1 unspecified atom stereocenters. The molecule has 3 aromatic rings. The molecule has 1 aliphatic heterocycles. The van der Waals surface area contributed by atoms with E-state index in [0.29, 0.717) is 48.4 Å².